The zero-order valence-corrected chi connectivity index (χ0v) is 17.7. The van der Waals surface area contributed by atoms with Crippen LogP contribution in [0.1, 0.15) is 42.3 Å². The number of rotatable bonds is 5. The van der Waals surface area contributed by atoms with Crippen LogP contribution in [0.3, 0.4) is 0 Å². The molecule has 3 heterocycles. The van der Waals surface area contributed by atoms with E-state index < -0.39 is 23.1 Å². The highest BCUT2D eigenvalue weighted by atomic mass is 19.4. The zero-order valence-electron chi connectivity index (χ0n) is 17.7. The monoisotopic (exact) mass is 448 g/mol. The first kappa shape index (κ1) is 21.3. The maximum atomic E-state index is 14.6. The third-order valence-electron chi connectivity index (χ3n) is 6.59. The average molecular weight is 448 g/mol. The Morgan fingerprint density at radius 2 is 1.94 bits per heavy atom. The summed E-state index contributed by atoms with van der Waals surface area (Å²) in [6, 6.07) is 7.83. The van der Waals surface area contributed by atoms with Crippen molar-refractivity contribution in [2.45, 2.75) is 44.4 Å². The number of ether oxygens (including phenoxy) is 1. The lowest BCUT2D eigenvalue weighted by atomic mass is 9.88. The standard InChI is InChI=1S/C23H24F4N4O/c1-22(17-4-2-3-5-18(17)24)14-32-11-10-30(22)13-16-8-9-31-19(12-15-6-7-15)28-29-21(31)20(16)23(25,26)27/h2-5,8-9,15H,6-7,10-14H2,1H3/t22-/m0/s1. The molecule has 2 aromatic heterocycles. The molecule has 1 aromatic carbocycles. The van der Waals surface area contributed by atoms with Crippen molar-refractivity contribution in [3.05, 3.63) is 64.9 Å². The van der Waals surface area contributed by atoms with Crippen molar-refractivity contribution >= 4 is 5.65 Å². The Labute approximate surface area is 183 Å². The first-order chi connectivity index (χ1) is 15.3. The van der Waals surface area contributed by atoms with Crippen molar-refractivity contribution in [1.82, 2.24) is 19.5 Å². The van der Waals surface area contributed by atoms with Crippen LogP contribution in [0.15, 0.2) is 36.5 Å². The van der Waals surface area contributed by atoms with E-state index in [0.717, 1.165) is 12.8 Å². The summed E-state index contributed by atoms with van der Waals surface area (Å²) in [7, 11) is 0. The summed E-state index contributed by atoms with van der Waals surface area (Å²) in [6.45, 7) is 2.73. The Balaban J connectivity index is 1.55. The van der Waals surface area contributed by atoms with E-state index in [1.807, 2.05) is 4.90 Å². The van der Waals surface area contributed by atoms with Crippen molar-refractivity contribution in [2.75, 3.05) is 19.8 Å². The van der Waals surface area contributed by atoms with E-state index in [1.165, 1.54) is 16.5 Å². The van der Waals surface area contributed by atoms with Gasteiger partial charge in [-0.3, -0.25) is 9.30 Å². The second kappa shape index (κ2) is 7.81. The van der Waals surface area contributed by atoms with Crippen LogP contribution < -0.4 is 0 Å². The summed E-state index contributed by atoms with van der Waals surface area (Å²) >= 11 is 0. The maximum absolute atomic E-state index is 14.6. The fraction of sp³-hybridized carbons (Fsp3) is 0.478. The van der Waals surface area contributed by atoms with Crippen molar-refractivity contribution in [3.8, 4) is 0 Å². The first-order valence-electron chi connectivity index (χ1n) is 10.8. The summed E-state index contributed by atoms with van der Waals surface area (Å²) in [5.74, 6) is 0.632. The molecule has 1 saturated carbocycles. The second-order valence-electron chi connectivity index (χ2n) is 8.90. The number of hydrogen-bond acceptors (Lipinski definition) is 4. The van der Waals surface area contributed by atoms with Gasteiger partial charge in [0.1, 0.15) is 17.2 Å². The summed E-state index contributed by atoms with van der Waals surface area (Å²) in [4.78, 5) is 1.86. The molecule has 0 spiro atoms. The van der Waals surface area contributed by atoms with Crippen LogP contribution in [0.5, 0.6) is 0 Å². The van der Waals surface area contributed by atoms with Gasteiger partial charge < -0.3 is 4.74 Å². The third kappa shape index (κ3) is 3.77. The SMILES string of the molecule is C[C@@]1(c2ccccc2F)COCCN1Cc1ccn2c(CC3CC3)nnc2c1C(F)(F)F. The van der Waals surface area contributed by atoms with Gasteiger partial charge in [-0.1, -0.05) is 18.2 Å². The maximum Gasteiger partial charge on any atom is 0.420 e. The quantitative estimate of drug-likeness (QED) is 0.536. The first-order valence-corrected chi connectivity index (χ1v) is 10.8. The van der Waals surface area contributed by atoms with E-state index in [1.54, 1.807) is 31.3 Å². The van der Waals surface area contributed by atoms with Gasteiger partial charge in [-0.25, -0.2) is 4.39 Å². The molecule has 3 aromatic rings. The highest BCUT2D eigenvalue weighted by molar-refractivity contribution is 5.54. The molecule has 1 aliphatic heterocycles. The Kier molecular flexibility index (Phi) is 5.21. The molecule has 2 aliphatic rings. The van der Waals surface area contributed by atoms with E-state index in [2.05, 4.69) is 10.2 Å². The van der Waals surface area contributed by atoms with Crippen molar-refractivity contribution in [2.24, 2.45) is 5.92 Å². The summed E-state index contributed by atoms with van der Waals surface area (Å²) in [6.07, 6.45) is -0.191. The molecule has 9 heteroatoms. The Morgan fingerprint density at radius 1 is 1.16 bits per heavy atom. The van der Waals surface area contributed by atoms with E-state index in [4.69, 9.17) is 4.74 Å². The van der Waals surface area contributed by atoms with Crippen LogP contribution in [0.25, 0.3) is 5.65 Å². The van der Waals surface area contributed by atoms with Gasteiger partial charge >= 0.3 is 6.18 Å². The second-order valence-corrected chi connectivity index (χ2v) is 8.90. The molecule has 0 bridgehead atoms. The fourth-order valence-electron chi connectivity index (χ4n) is 4.59. The van der Waals surface area contributed by atoms with Gasteiger partial charge in [0.25, 0.3) is 0 Å². The van der Waals surface area contributed by atoms with Gasteiger partial charge in [-0.2, -0.15) is 13.2 Å². The highest BCUT2D eigenvalue weighted by Gasteiger charge is 2.42. The average Bonchev–Trinajstić information content (AvgIpc) is 3.47. The van der Waals surface area contributed by atoms with Crippen molar-refractivity contribution in [3.63, 3.8) is 0 Å². The molecule has 2 fully saturated rings. The lowest BCUT2D eigenvalue weighted by Crippen LogP contribution is -2.52. The predicted molar refractivity (Wildman–Crippen MR) is 109 cm³/mol. The molecule has 1 saturated heterocycles. The van der Waals surface area contributed by atoms with Gasteiger partial charge in [-0.15, -0.1) is 10.2 Å². The molecule has 1 aliphatic carbocycles. The molecule has 5 rings (SSSR count). The fourth-order valence-corrected chi connectivity index (χ4v) is 4.59. The van der Waals surface area contributed by atoms with E-state index in [0.29, 0.717) is 36.9 Å². The summed E-state index contributed by atoms with van der Waals surface area (Å²) in [5, 5.41) is 7.97. The Bertz CT molecular complexity index is 1140. The van der Waals surface area contributed by atoms with Gasteiger partial charge in [-0.05, 0) is 43.4 Å². The summed E-state index contributed by atoms with van der Waals surface area (Å²) in [5.41, 5.74) is -1.35. The molecule has 0 unspecified atom stereocenters. The smallest absolute Gasteiger partial charge is 0.378 e. The van der Waals surface area contributed by atoms with Crippen LogP contribution in [0.4, 0.5) is 17.6 Å². The van der Waals surface area contributed by atoms with Crippen LogP contribution in [-0.2, 0) is 29.4 Å². The number of aromatic nitrogens is 3. The molecule has 0 amide bonds. The minimum Gasteiger partial charge on any atom is -0.378 e. The molecule has 5 nitrogen and oxygen atoms in total. The van der Waals surface area contributed by atoms with Crippen molar-refractivity contribution < 1.29 is 22.3 Å². The number of benzene rings is 1. The van der Waals surface area contributed by atoms with Crippen molar-refractivity contribution in [1.29, 1.82) is 0 Å². The van der Waals surface area contributed by atoms with Gasteiger partial charge in [0.2, 0.25) is 0 Å². The molecular weight excluding hydrogens is 424 g/mol. The lowest BCUT2D eigenvalue weighted by Gasteiger charge is -2.45. The molecule has 0 N–H and O–H groups in total. The number of fused-ring (bicyclic) bond motifs is 1. The van der Waals surface area contributed by atoms with E-state index in [-0.39, 0.29) is 24.4 Å². The van der Waals surface area contributed by atoms with Gasteiger partial charge in [0.15, 0.2) is 5.65 Å². The largest absolute Gasteiger partial charge is 0.420 e. The normalized spacial score (nSPS) is 22.5. The van der Waals surface area contributed by atoms with E-state index >= 15 is 0 Å². The molecule has 0 radical (unpaired) electrons. The predicted octanol–water partition coefficient (Wildman–Crippen LogP) is 4.59. The number of halogens is 4. The Morgan fingerprint density at radius 3 is 2.66 bits per heavy atom. The lowest BCUT2D eigenvalue weighted by molar-refractivity contribution is -0.138. The molecular formula is C23H24F4N4O. The third-order valence-corrected chi connectivity index (χ3v) is 6.59. The van der Waals surface area contributed by atoms with Gasteiger partial charge in [0, 0.05) is 31.3 Å². The van der Waals surface area contributed by atoms with E-state index in [9.17, 15) is 17.6 Å². The van der Waals surface area contributed by atoms with Crippen LogP contribution in [0.2, 0.25) is 0 Å². The number of pyridine rings is 1. The zero-order chi connectivity index (χ0) is 22.5. The number of nitrogens with zero attached hydrogens (tertiary/aromatic N) is 4. The molecule has 170 valence electrons. The topological polar surface area (TPSA) is 42.7 Å². The molecule has 1 atom stereocenters. The van der Waals surface area contributed by atoms with Crippen LogP contribution >= 0.6 is 0 Å². The highest BCUT2D eigenvalue weighted by Crippen LogP contribution is 2.39. The number of morpholine rings is 1. The minimum absolute atomic E-state index is 0.00957. The Hall–Kier alpha value is -2.52. The summed E-state index contributed by atoms with van der Waals surface area (Å²) < 4.78 is 64.4. The molecule has 32 heavy (non-hydrogen) atoms. The minimum atomic E-state index is -4.59. The van der Waals surface area contributed by atoms with Gasteiger partial charge in [0.05, 0.1) is 18.8 Å². The van der Waals surface area contributed by atoms with Crippen LogP contribution in [0, 0.1) is 11.7 Å². The number of hydrogen-bond donors (Lipinski definition) is 0. The van der Waals surface area contributed by atoms with Crippen LogP contribution in [-0.4, -0.2) is 39.3 Å². The number of alkyl halides is 3.